The van der Waals surface area contributed by atoms with E-state index in [1.807, 2.05) is 31.2 Å². The lowest BCUT2D eigenvalue weighted by atomic mass is 9.86. The summed E-state index contributed by atoms with van der Waals surface area (Å²) in [6, 6.07) is 19.4. The predicted octanol–water partition coefficient (Wildman–Crippen LogP) is 3.02. The fraction of sp³-hybridized carbons (Fsp3) is 0.267. The molecule has 0 aromatic heterocycles. The van der Waals surface area contributed by atoms with Crippen LogP contribution in [0.3, 0.4) is 0 Å². The Morgan fingerprint density at radius 2 is 1.66 bits per heavy atom. The van der Waals surface area contributed by atoms with Crippen molar-refractivity contribution in [2.24, 2.45) is 0 Å². The van der Waals surface area contributed by atoms with Crippen molar-refractivity contribution in [1.29, 1.82) is 0 Å². The highest BCUT2D eigenvalue weighted by Crippen LogP contribution is 2.44. The molecule has 0 bridgehead atoms. The van der Waals surface area contributed by atoms with Crippen molar-refractivity contribution in [3.05, 3.63) is 95.1 Å². The number of nitrogens with zero attached hydrogens (tertiary/aromatic N) is 1. The number of benzene rings is 3. The maximum Gasteiger partial charge on any atom is 0.250 e. The van der Waals surface area contributed by atoms with E-state index in [2.05, 4.69) is 16.0 Å². The van der Waals surface area contributed by atoms with E-state index in [4.69, 9.17) is 0 Å². The van der Waals surface area contributed by atoms with Crippen molar-refractivity contribution in [2.45, 2.75) is 44.3 Å². The monoisotopic (exact) mass is 510 g/mol. The lowest BCUT2D eigenvalue weighted by molar-refractivity contribution is -0.130. The van der Waals surface area contributed by atoms with Gasteiger partial charge >= 0.3 is 0 Å². The van der Waals surface area contributed by atoms with Gasteiger partial charge in [-0.3, -0.25) is 24.1 Å². The van der Waals surface area contributed by atoms with E-state index in [1.165, 1.54) is 4.90 Å². The smallest absolute Gasteiger partial charge is 0.250 e. The third kappa shape index (κ3) is 4.37. The van der Waals surface area contributed by atoms with Gasteiger partial charge in [-0.15, -0.1) is 0 Å². The molecule has 0 saturated heterocycles. The number of amides is 3. The summed E-state index contributed by atoms with van der Waals surface area (Å²) in [6.07, 6.45) is 0.343. The molecule has 0 fully saturated rings. The Hall–Kier alpha value is -4.30. The summed E-state index contributed by atoms with van der Waals surface area (Å²) in [5.74, 6) is -1.46. The molecule has 194 valence electrons. The number of likely N-dealkylation sites (N-methyl/N-ethyl adjacent to an activating group) is 1. The number of rotatable bonds is 7. The summed E-state index contributed by atoms with van der Waals surface area (Å²) >= 11 is 0. The number of ketones is 1. The van der Waals surface area contributed by atoms with Crippen LogP contribution in [0.5, 0.6) is 0 Å². The highest BCUT2D eigenvalue weighted by molar-refractivity contribution is 6.16. The van der Waals surface area contributed by atoms with Crippen LogP contribution in [-0.2, 0) is 20.8 Å². The van der Waals surface area contributed by atoms with Gasteiger partial charge in [-0.25, -0.2) is 0 Å². The van der Waals surface area contributed by atoms with Crippen LogP contribution in [0.15, 0.2) is 72.8 Å². The molecule has 3 N–H and O–H groups in total. The first kappa shape index (κ1) is 25.4. The lowest BCUT2D eigenvalue weighted by Gasteiger charge is -2.38. The number of carbonyl (C=O) groups excluding carboxylic acids is 4. The molecule has 38 heavy (non-hydrogen) atoms. The zero-order valence-corrected chi connectivity index (χ0v) is 21.5. The first-order chi connectivity index (χ1) is 18.3. The van der Waals surface area contributed by atoms with Gasteiger partial charge in [-0.2, -0.15) is 0 Å². The van der Waals surface area contributed by atoms with Gasteiger partial charge in [0, 0.05) is 23.5 Å². The lowest BCUT2D eigenvalue weighted by Crippen LogP contribution is -2.59. The van der Waals surface area contributed by atoms with Crippen molar-refractivity contribution in [1.82, 2.24) is 10.6 Å². The Bertz CT molecular complexity index is 1420. The Morgan fingerprint density at radius 1 is 0.947 bits per heavy atom. The maximum absolute atomic E-state index is 13.8. The highest BCUT2D eigenvalue weighted by atomic mass is 16.2. The van der Waals surface area contributed by atoms with Crippen molar-refractivity contribution in [3.63, 3.8) is 0 Å². The fourth-order valence-corrected chi connectivity index (χ4v) is 5.26. The number of para-hydroxylation sites is 2. The van der Waals surface area contributed by atoms with Crippen molar-refractivity contribution in [3.8, 4) is 0 Å². The largest absolute Gasteiger partial charge is 0.342 e. The molecule has 2 aliphatic rings. The van der Waals surface area contributed by atoms with E-state index in [1.54, 1.807) is 62.5 Å². The Kier molecular flexibility index (Phi) is 6.82. The quantitative estimate of drug-likeness (QED) is 0.424. The second kappa shape index (κ2) is 10.2. The molecule has 5 rings (SSSR count). The number of anilines is 2. The molecule has 0 spiro atoms. The fourth-order valence-electron chi connectivity index (χ4n) is 5.26. The van der Waals surface area contributed by atoms with E-state index >= 15 is 0 Å². The second-order valence-corrected chi connectivity index (χ2v) is 9.80. The number of carbonyl (C=O) groups is 4. The minimum Gasteiger partial charge on any atom is -0.342 e. The minimum atomic E-state index is -0.813. The Labute approximate surface area is 221 Å². The Morgan fingerprint density at radius 3 is 2.39 bits per heavy atom. The zero-order chi connectivity index (χ0) is 27.0. The number of hydrogen-bond donors (Lipinski definition) is 3. The van der Waals surface area contributed by atoms with Gasteiger partial charge in [-0.1, -0.05) is 67.6 Å². The maximum atomic E-state index is 13.8. The summed E-state index contributed by atoms with van der Waals surface area (Å²) in [5, 5.41) is 8.68. The van der Waals surface area contributed by atoms with Crippen LogP contribution in [0.25, 0.3) is 0 Å². The van der Waals surface area contributed by atoms with Crippen LogP contribution in [-0.4, -0.2) is 48.7 Å². The molecular weight excluding hydrogens is 480 g/mol. The van der Waals surface area contributed by atoms with Gasteiger partial charge in [0.05, 0.1) is 17.4 Å². The predicted molar refractivity (Wildman–Crippen MR) is 145 cm³/mol. The summed E-state index contributed by atoms with van der Waals surface area (Å²) in [7, 11) is 1.68. The van der Waals surface area contributed by atoms with E-state index in [9.17, 15) is 19.2 Å². The van der Waals surface area contributed by atoms with Crippen molar-refractivity contribution < 1.29 is 19.2 Å². The molecular formula is C30H30N4O4. The topological polar surface area (TPSA) is 108 Å². The van der Waals surface area contributed by atoms with Crippen molar-refractivity contribution >= 4 is 34.9 Å². The van der Waals surface area contributed by atoms with Gasteiger partial charge in [0.25, 0.3) is 5.91 Å². The third-order valence-electron chi connectivity index (χ3n) is 7.50. The van der Waals surface area contributed by atoms with Gasteiger partial charge in [-0.05, 0) is 37.2 Å². The standard InChI is InChI=1S/C30H30N4O4/c1-17-21-14-9-12-20-16-24(34(26(20)21)30(38)25(17)33-28(36)18(2)31-3)29(37)32-23-15-8-7-13-22(23)27(35)19-10-5-4-6-11-19/h4-15,17-18,24-25,31H,16H2,1-3H3,(H,32,37)(H,33,36)/t17?,18-,24-,25-/m0/s1. The molecule has 3 amide bonds. The first-order valence-electron chi connectivity index (χ1n) is 12.7. The summed E-state index contributed by atoms with van der Waals surface area (Å²) in [5.41, 5.74) is 3.83. The molecule has 3 aromatic rings. The first-order valence-corrected chi connectivity index (χ1v) is 12.7. The van der Waals surface area contributed by atoms with Crippen LogP contribution in [0.4, 0.5) is 11.4 Å². The number of nitrogens with one attached hydrogen (secondary N) is 3. The van der Waals surface area contributed by atoms with E-state index in [0.717, 1.165) is 16.8 Å². The molecule has 0 aliphatic carbocycles. The normalized spacial score (nSPS) is 20.4. The van der Waals surface area contributed by atoms with E-state index in [0.29, 0.717) is 23.2 Å². The molecule has 8 nitrogen and oxygen atoms in total. The molecule has 0 radical (unpaired) electrons. The summed E-state index contributed by atoms with van der Waals surface area (Å²) in [4.78, 5) is 54.9. The van der Waals surface area contributed by atoms with Gasteiger partial charge in [0.15, 0.2) is 5.78 Å². The molecule has 8 heteroatoms. The molecule has 2 aliphatic heterocycles. The Balaban J connectivity index is 1.45. The average molecular weight is 511 g/mol. The van der Waals surface area contributed by atoms with E-state index in [-0.39, 0.29) is 23.5 Å². The van der Waals surface area contributed by atoms with Gasteiger partial charge in [0.2, 0.25) is 11.8 Å². The van der Waals surface area contributed by atoms with Crippen LogP contribution in [0, 0.1) is 0 Å². The molecule has 0 saturated carbocycles. The second-order valence-electron chi connectivity index (χ2n) is 9.80. The van der Waals surface area contributed by atoms with Crippen LogP contribution in [0.2, 0.25) is 0 Å². The molecule has 4 atom stereocenters. The highest BCUT2D eigenvalue weighted by Gasteiger charge is 2.48. The van der Waals surface area contributed by atoms with Crippen LogP contribution >= 0.6 is 0 Å². The van der Waals surface area contributed by atoms with Crippen LogP contribution < -0.4 is 20.9 Å². The summed E-state index contributed by atoms with van der Waals surface area (Å²) < 4.78 is 0. The third-order valence-corrected chi connectivity index (χ3v) is 7.50. The minimum absolute atomic E-state index is 0.206. The number of hydrogen-bond acceptors (Lipinski definition) is 5. The van der Waals surface area contributed by atoms with Crippen molar-refractivity contribution in [2.75, 3.05) is 17.3 Å². The van der Waals surface area contributed by atoms with Gasteiger partial charge < -0.3 is 16.0 Å². The molecule has 2 heterocycles. The molecule has 1 unspecified atom stereocenters. The summed E-state index contributed by atoms with van der Waals surface area (Å²) in [6.45, 7) is 3.64. The van der Waals surface area contributed by atoms with E-state index < -0.39 is 24.0 Å². The van der Waals surface area contributed by atoms with Crippen LogP contribution in [0.1, 0.15) is 46.8 Å². The average Bonchev–Trinajstić information content (AvgIpc) is 3.34. The SMILES string of the molecule is CN[C@@H](C)C(=O)N[C@@H]1C(=O)N2c3c(cccc3C1C)C[C@H]2C(=O)Nc1ccccc1C(=O)c1ccccc1. The molecule has 3 aromatic carbocycles. The zero-order valence-electron chi connectivity index (χ0n) is 21.5. The van der Waals surface area contributed by atoms with Gasteiger partial charge in [0.1, 0.15) is 12.1 Å².